The minimum atomic E-state index is -1.69. The number of ether oxygens (including phenoxy) is 3. The fraction of sp³-hybridized carbons (Fsp3) is 0.861. The first-order valence-electron chi connectivity index (χ1n) is 20.5. The second kappa shape index (κ2) is 28.2. The molecule has 0 radical (unpaired) electrons. The number of aliphatic hydroxyl groups excluding tert-OH is 12. The number of carboxylic acids is 1. The van der Waals surface area contributed by atoms with Gasteiger partial charge in [0.25, 0.3) is 0 Å². The number of hydrogen-bond donors (Lipinski definition) is 17. The highest BCUT2D eigenvalue weighted by Gasteiger charge is 2.46. The van der Waals surface area contributed by atoms with Crippen molar-refractivity contribution in [1.29, 1.82) is 0 Å². The molecular weight excluding hydrogens is 921 g/mol. The van der Waals surface area contributed by atoms with E-state index in [2.05, 4.69) is 21.3 Å². The van der Waals surface area contributed by atoms with Crippen molar-refractivity contribution in [3.63, 3.8) is 0 Å². The smallest absolute Gasteiger partial charge is 0.326 e. The molecule has 25 nitrogen and oxygen atoms in total. The number of aliphatic carboxylic acids is 1. The number of rotatable bonds is 26. The molecular formula is C36H62N4O21S3. The van der Waals surface area contributed by atoms with E-state index in [0.717, 1.165) is 23.5 Å². The lowest BCUT2D eigenvalue weighted by molar-refractivity contribution is -0.205. The predicted octanol–water partition coefficient (Wildman–Crippen LogP) is -7.79. The Hall–Kier alpha value is -2.20. The van der Waals surface area contributed by atoms with Gasteiger partial charge in [0.1, 0.15) is 102 Å². The van der Waals surface area contributed by atoms with Crippen LogP contribution >= 0.6 is 35.3 Å². The molecule has 0 aliphatic carbocycles. The third kappa shape index (κ3) is 16.8. The fourth-order valence-electron chi connectivity index (χ4n) is 6.63. The minimum Gasteiger partial charge on any atom is -0.480 e. The Bertz CT molecular complexity index is 1480. The highest BCUT2D eigenvalue weighted by molar-refractivity contribution is 8.00. The van der Waals surface area contributed by atoms with Crippen LogP contribution in [-0.4, -0.2) is 248 Å². The number of carbonyl (C=O) groups is 5. The second-order valence-electron chi connectivity index (χ2n) is 15.2. The Labute approximate surface area is 380 Å². The third-order valence-corrected chi connectivity index (χ3v) is 13.9. The highest BCUT2D eigenvalue weighted by Crippen LogP contribution is 2.30. The summed E-state index contributed by atoms with van der Waals surface area (Å²) in [5, 5.41) is 139. The zero-order valence-electron chi connectivity index (χ0n) is 34.5. The van der Waals surface area contributed by atoms with Crippen LogP contribution in [0.2, 0.25) is 0 Å². The van der Waals surface area contributed by atoms with Crippen LogP contribution in [0.15, 0.2) is 0 Å². The van der Waals surface area contributed by atoms with Gasteiger partial charge in [-0.2, -0.15) is 0 Å². The van der Waals surface area contributed by atoms with Crippen molar-refractivity contribution in [3.8, 4) is 0 Å². The number of hydrogen-bond acceptors (Lipinski definition) is 23. The quantitative estimate of drug-likeness (QED) is 0.0358. The molecule has 3 saturated heterocycles. The minimum absolute atomic E-state index is 0.0444. The molecule has 0 aromatic rings. The molecule has 3 aliphatic heterocycles. The van der Waals surface area contributed by atoms with Gasteiger partial charge < -0.3 is 102 Å². The molecule has 3 aliphatic rings. The van der Waals surface area contributed by atoms with Crippen molar-refractivity contribution < 1.29 is 105 Å². The van der Waals surface area contributed by atoms with Crippen LogP contribution < -0.4 is 21.3 Å². The van der Waals surface area contributed by atoms with E-state index in [1.54, 1.807) is 0 Å². The number of unbranched alkanes of at least 4 members (excludes halogenated alkanes) is 2. The fourth-order valence-corrected chi connectivity index (χ4v) is 9.60. The number of amides is 4. The van der Waals surface area contributed by atoms with Crippen LogP contribution in [0.1, 0.15) is 38.5 Å². The van der Waals surface area contributed by atoms with E-state index in [0.29, 0.717) is 11.8 Å². The van der Waals surface area contributed by atoms with E-state index in [4.69, 9.17) is 14.2 Å². The Morgan fingerprint density at radius 3 is 1.14 bits per heavy atom. The summed E-state index contributed by atoms with van der Waals surface area (Å²) < 4.78 is 16.1. The summed E-state index contributed by atoms with van der Waals surface area (Å²) in [6, 6.07) is -2.73. The first kappa shape index (κ1) is 56.1. The zero-order valence-corrected chi connectivity index (χ0v) is 37.0. The first-order valence-corrected chi connectivity index (χ1v) is 23.6. The number of nitrogens with one attached hydrogen (secondary N) is 4. The summed E-state index contributed by atoms with van der Waals surface area (Å²) in [6.07, 6.45) is -17.0. The van der Waals surface area contributed by atoms with E-state index >= 15 is 0 Å². The number of carboxylic acid groups (broad SMARTS) is 1. The normalized spacial score (nSPS) is 34.0. The van der Waals surface area contributed by atoms with Gasteiger partial charge in [-0.1, -0.05) is 0 Å². The van der Waals surface area contributed by atoms with Gasteiger partial charge in [0.2, 0.25) is 23.6 Å². The van der Waals surface area contributed by atoms with Crippen LogP contribution in [0, 0.1) is 0 Å². The molecule has 0 saturated carbocycles. The van der Waals surface area contributed by atoms with Crippen molar-refractivity contribution in [2.24, 2.45) is 0 Å². The second-order valence-corrected chi connectivity index (χ2v) is 18.5. The summed E-state index contributed by atoms with van der Waals surface area (Å²) in [5.74, 6) is -4.88. The van der Waals surface area contributed by atoms with Crippen LogP contribution in [0.3, 0.4) is 0 Å². The van der Waals surface area contributed by atoms with E-state index < -0.39 is 157 Å². The van der Waals surface area contributed by atoms with E-state index in [-0.39, 0.29) is 63.1 Å². The molecule has 0 aromatic carbocycles. The van der Waals surface area contributed by atoms with Crippen molar-refractivity contribution in [2.45, 2.75) is 140 Å². The summed E-state index contributed by atoms with van der Waals surface area (Å²) in [6.45, 7) is -1.77. The lowest BCUT2D eigenvalue weighted by atomic mass is 10.0. The molecule has 0 aromatic heterocycles. The monoisotopic (exact) mass is 982 g/mol. The van der Waals surface area contributed by atoms with Crippen LogP contribution in [-0.2, 0) is 38.2 Å². The van der Waals surface area contributed by atoms with Crippen molar-refractivity contribution in [1.82, 2.24) is 21.3 Å². The van der Waals surface area contributed by atoms with Gasteiger partial charge in [-0.3, -0.25) is 19.2 Å². The van der Waals surface area contributed by atoms with Crippen molar-refractivity contribution >= 4 is 64.9 Å². The standard InChI is InChI=1S/C36H62N4O21S3/c41-9-17-23(47)26(50)29(53)34(59-17)62-12-20(44)37-7-3-1-5-15(39-22(46)14-64-36-31(55)28(52)25(49)19(11-43)61-36)32(56)40-16(33(57)58)6-2-4-8-38-21(45)13-63-35-30(54)27(51)24(48)18(10-42)60-35/h15-19,23-31,34-36,41-43,47-55H,1-14H2,(H,37,44)(H,38,45)(H,39,46)(H,40,56)(H,57,58)/t15-,16?,17?,18?,19?,23?,24?,25?,26?,27?,28?,29?,30?,31?,34?,35?,36?/m1/s1. The van der Waals surface area contributed by atoms with Gasteiger partial charge in [0.05, 0.1) is 37.1 Å². The summed E-state index contributed by atoms with van der Waals surface area (Å²) in [5.41, 5.74) is -3.48. The molecule has 3 rings (SSSR count). The molecule has 4 amide bonds. The molecule has 3 fully saturated rings. The maximum absolute atomic E-state index is 13.5. The maximum atomic E-state index is 13.5. The van der Waals surface area contributed by atoms with E-state index in [1.807, 2.05) is 0 Å². The molecule has 0 spiro atoms. The molecule has 3 heterocycles. The average Bonchev–Trinajstić information content (AvgIpc) is 3.27. The lowest BCUT2D eigenvalue weighted by Crippen LogP contribution is -2.57. The molecule has 17 N–H and O–H groups in total. The van der Waals surface area contributed by atoms with Gasteiger partial charge in [0, 0.05) is 13.1 Å². The molecule has 28 heteroatoms. The molecule has 64 heavy (non-hydrogen) atoms. The van der Waals surface area contributed by atoms with Gasteiger partial charge >= 0.3 is 5.97 Å². The van der Waals surface area contributed by atoms with E-state index in [1.165, 1.54) is 0 Å². The molecule has 370 valence electrons. The molecule has 17 atom stereocenters. The van der Waals surface area contributed by atoms with Gasteiger partial charge in [-0.05, 0) is 38.5 Å². The zero-order chi connectivity index (χ0) is 47.7. The number of aliphatic hydroxyl groups is 12. The van der Waals surface area contributed by atoms with Crippen molar-refractivity contribution in [3.05, 3.63) is 0 Å². The van der Waals surface area contributed by atoms with E-state index in [9.17, 15) is 90.4 Å². The predicted molar refractivity (Wildman–Crippen MR) is 224 cm³/mol. The maximum Gasteiger partial charge on any atom is 0.326 e. The lowest BCUT2D eigenvalue weighted by Gasteiger charge is -2.39. The molecule has 16 unspecified atom stereocenters. The number of thioether (sulfide) groups is 3. The third-order valence-electron chi connectivity index (χ3n) is 10.4. The largest absolute Gasteiger partial charge is 0.480 e. The first-order chi connectivity index (χ1) is 30.3. The average molecular weight is 983 g/mol. The Morgan fingerprint density at radius 1 is 0.453 bits per heavy atom. The van der Waals surface area contributed by atoms with Crippen LogP contribution in [0.4, 0.5) is 0 Å². The van der Waals surface area contributed by atoms with Gasteiger partial charge in [-0.15, -0.1) is 35.3 Å². The van der Waals surface area contributed by atoms with Crippen LogP contribution in [0.5, 0.6) is 0 Å². The topological polar surface area (TPSA) is 424 Å². The van der Waals surface area contributed by atoms with Crippen molar-refractivity contribution in [2.75, 3.05) is 50.2 Å². The Kier molecular flexibility index (Phi) is 24.7. The SMILES string of the molecule is O=C(CSC1OC(CO)C(O)C(O)C1O)NCCCCC(NC(=O)[C@@H](CCCCNC(=O)CSC1OC(CO)C(O)C(O)C1O)NC(=O)CSC1OC(CO)C(O)C(O)C1O)C(=O)O. The Morgan fingerprint density at radius 2 is 0.797 bits per heavy atom. The highest BCUT2D eigenvalue weighted by atomic mass is 32.2. The van der Waals surface area contributed by atoms with Gasteiger partial charge in [-0.25, -0.2) is 4.79 Å². The summed E-state index contributed by atoms with van der Waals surface area (Å²) in [7, 11) is 0. The molecule has 0 bridgehead atoms. The summed E-state index contributed by atoms with van der Waals surface area (Å²) in [4.78, 5) is 63.6. The summed E-state index contributed by atoms with van der Waals surface area (Å²) >= 11 is 2.37. The number of carbonyl (C=O) groups excluding carboxylic acids is 4. The van der Waals surface area contributed by atoms with Gasteiger partial charge in [0.15, 0.2) is 0 Å². The Balaban J connectivity index is 1.50. The van der Waals surface area contributed by atoms with Crippen LogP contribution in [0.25, 0.3) is 0 Å².